The third kappa shape index (κ3) is 3.17. The monoisotopic (exact) mass is 275 g/mol. The second-order valence-electron chi connectivity index (χ2n) is 4.04. The molecule has 2 rings (SSSR count). The molecule has 0 radical (unpaired) electrons. The van der Waals surface area contributed by atoms with Gasteiger partial charge in [-0.25, -0.2) is 0 Å². The molecule has 1 N–H and O–H groups in total. The van der Waals surface area contributed by atoms with E-state index in [0.717, 1.165) is 0 Å². The Balaban J connectivity index is 2.19. The highest BCUT2D eigenvalue weighted by atomic mass is 16.6. The van der Waals surface area contributed by atoms with E-state index < -0.39 is 4.92 Å². The van der Waals surface area contributed by atoms with Crippen molar-refractivity contribution in [3.8, 4) is 17.2 Å². The van der Waals surface area contributed by atoms with E-state index in [1.807, 2.05) is 0 Å². The van der Waals surface area contributed by atoms with Gasteiger partial charge in [0, 0.05) is 23.8 Å². The van der Waals surface area contributed by atoms with Crippen LogP contribution in [0.1, 0.15) is 5.56 Å². The van der Waals surface area contributed by atoms with Crippen LogP contribution in [0.15, 0.2) is 42.5 Å². The van der Waals surface area contributed by atoms with Crippen LogP contribution in [0.4, 0.5) is 5.69 Å². The number of benzene rings is 2. The van der Waals surface area contributed by atoms with E-state index in [1.165, 1.54) is 37.4 Å². The molecule has 0 amide bonds. The Kier molecular flexibility index (Phi) is 4.05. The quantitative estimate of drug-likeness (QED) is 0.670. The first-order valence-electron chi connectivity index (χ1n) is 5.83. The van der Waals surface area contributed by atoms with Gasteiger partial charge in [-0.1, -0.05) is 6.07 Å². The molecule has 6 nitrogen and oxygen atoms in total. The fourth-order valence-corrected chi connectivity index (χ4v) is 1.73. The van der Waals surface area contributed by atoms with Crippen LogP contribution in [0.2, 0.25) is 0 Å². The number of phenols is 1. The molecule has 2 aromatic carbocycles. The highest BCUT2D eigenvalue weighted by Crippen LogP contribution is 2.26. The summed E-state index contributed by atoms with van der Waals surface area (Å²) in [6, 6.07) is 10.6. The number of aromatic hydroxyl groups is 1. The van der Waals surface area contributed by atoms with E-state index in [2.05, 4.69) is 0 Å². The van der Waals surface area contributed by atoms with Crippen LogP contribution >= 0.6 is 0 Å². The molecule has 0 spiro atoms. The number of methoxy groups -OCH3 is 1. The van der Waals surface area contributed by atoms with Gasteiger partial charge in [-0.15, -0.1) is 0 Å². The van der Waals surface area contributed by atoms with E-state index in [9.17, 15) is 15.2 Å². The molecule has 104 valence electrons. The molecule has 0 saturated heterocycles. The third-order valence-electron chi connectivity index (χ3n) is 2.69. The fourth-order valence-electron chi connectivity index (χ4n) is 1.73. The van der Waals surface area contributed by atoms with Gasteiger partial charge in [0.25, 0.3) is 5.69 Å². The van der Waals surface area contributed by atoms with Crippen molar-refractivity contribution in [3.05, 3.63) is 58.1 Å². The molecule has 20 heavy (non-hydrogen) atoms. The maximum atomic E-state index is 10.8. The predicted molar refractivity (Wildman–Crippen MR) is 72.1 cm³/mol. The maximum Gasteiger partial charge on any atom is 0.270 e. The number of nitro benzene ring substituents is 1. The predicted octanol–water partition coefficient (Wildman–Crippen LogP) is 2.89. The van der Waals surface area contributed by atoms with Crippen LogP contribution in [0, 0.1) is 10.1 Å². The summed E-state index contributed by atoms with van der Waals surface area (Å²) < 4.78 is 10.6. The van der Waals surface area contributed by atoms with Crippen molar-refractivity contribution in [1.82, 2.24) is 0 Å². The Morgan fingerprint density at radius 1 is 1.25 bits per heavy atom. The van der Waals surface area contributed by atoms with Crippen LogP contribution in [0.25, 0.3) is 0 Å². The zero-order chi connectivity index (χ0) is 14.5. The fraction of sp³-hybridized carbons (Fsp3) is 0.143. The van der Waals surface area contributed by atoms with Crippen LogP contribution in [0.3, 0.4) is 0 Å². The molecule has 0 aliphatic heterocycles. The molecule has 0 atom stereocenters. The number of nitro groups is 1. The number of rotatable bonds is 5. The summed E-state index contributed by atoms with van der Waals surface area (Å²) in [5, 5.41) is 20.1. The zero-order valence-corrected chi connectivity index (χ0v) is 10.8. The van der Waals surface area contributed by atoms with Crippen molar-refractivity contribution in [3.63, 3.8) is 0 Å². The standard InChI is InChI=1S/C14H13NO5/c1-19-14-6-5-11(15(17)18)7-10(14)9-20-13-4-2-3-12(16)8-13/h2-8,16H,9H2,1H3. The lowest BCUT2D eigenvalue weighted by atomic mass is 10.2. The Labute approximate surface area is 115 Å². The summed E-state index contributed by atoms with van der Waals surface area (Å²) in [5.74, 6) is 1.07. The number of nitrogens with zero attached hydrogens (tertiary/aromatic N) is 1. The summed E-state index contributed by atoms with van der Waals surface area (Å²) in [5.41, 5.74) is 0.533. The van der Waals surface area contributed by atoms with Gasteiger partial charge in [-0.2, -0.15) is 0 Å². The van der Waals surface area contributed by atoms with Gasteiger partial charge in [-0.3, -0.25) is 10.1 Å². The highest BCUT2D eigenvalue weighted by molar-refractivity contribution is 5.44. The van der Waals surface area contributed by atoms with Crippen LogP contribution < -0.4 is 9.47 Å². The number of ether oxygens (including phenoxy) is 2. The van der Waals surface area contributed by atoms with Crippen molar-refractivity contribution in [2.24, 2.45) is 0 Å². The molecule has 0 fully saturated rings. The molecule has 0 saturated carbocycles. The largest absolute Gasteiger partial charge is 0.508 e. The van der Waals surface area contributed by atoms with E-state index in [1.54, 1.807) is 12.1 Å². The summed E-state index contributed by atoms with van der Waals surface area (Å²) in [6.07, 6.45) is 0. The average Bonchev–Trinajstić information content (AvgIpc) is 2.44. The smallest absolute Gasteiger partial charge is 0.270 e. The molecule has 2 aromatic rings. The molecule has 0 aliphatic rings. The van der Waals surface area contributed by atoms with Gasteiger partial charge in [-0.05, 0) is 18.2 Å². The molecule has 0 aliphatic carbocycles. The topological polar surface area (TPSA) is 81.8 Å². The average molecular weight is 275 g/mol. The lowest BCUT2D eigenvalue weighted by molar-refractivity contribution is -0.385. The van der Waals surface area contributed by atoms with E-state index >= 15 is 0 Å². The van der Waals surface area contributed by atoms with E-state index in [0.29, 0.717) is 17.1 Å². The Bertz CT molecular complexity index is 627. The SMILES string of the molecule is COc1ccc([N+](=O)[O-])cc1COc1cccc(O)c1. The van der Waals surface area contributed by atoms with Crippen molar-refractivity contribution in [2.45, 2.75) is 6.61 Å². The Morgan fingerprint density at radius 3 is 2.70 bits per heavy atom. The van der Waals surface area contributed by atoms with E-state index in [4.69, 9.17) is 9.47 Å². The van der Waals surface area contributed by atoms with Crippen LogP contribution in [-0.4, -0.2) is 17.1 Å². The number of hydrogen-bond donors (Lipinski definition) is 1. The first kappa shape index (κ1) is 13.7. The first-order chi connectivity index (χ1) is 9.60. The Morgan fingerprint density at radius 2 is 2.05 bits per heavy atom. The molecule has 0 heterocycles. The molecule has 6 heteroatoms. The molecule has 0 unspecified atom stereocenters. The van der Waals surface area contributed by atoms with Gasteiger partial charge >= 0.3 is 0 Å². The van der Waals surface area contributed by atoms with Crippen LogP contribution in [-0.2, 0) is 6.61 Å². The maximum absolute atomic E-state index is 10.8. The normalized spacial score (nSPS) is 10.1. The zero-order valence-electron chi connectivity index (χ0n) is 10.8. The number of non-ortho nitro benzene ring substituents is 1. The second-order valence-corrected chi connectivity index (χ2v) is 4.04. The van der Waals surface area contributed by atoms with Crippen LogP contribution in [0.5, 0.6) is 17.2 Å². The van der Waals surface area contributed by atoms with Gasteiger partial charge in [0.05, 0.1) is 12.0 Å². The van der Waals surface area contributed by atoms with Gasteiger partial charge in [0.15, 0.2) is 0 Å². The highest BCUT2D eigenvalue weighted by Gasteiger charge is 2.12. The summed E-state index contributed by atoms with van der Waals surface area (Å²) in [7, 11) is 1.49. The number of hydrogen-bond acceptors (Lipinski definition) is 5. The van der Waals surface area contributed by atoms with Crippen molar-refractivity contribution in [2.75, 3.05) is 7.11 Å². The van der Waals surface area contributed by atoms with Crippen molar-refractivity contribution in [1.29, 1.82) is 0 Å². The molecule has 0 bridgehead atoms. The number of phenolic OH excluding ortho intramolecular Hbond substituents is 1. The van der Waals surface area contributed by atoms with E-state index in [-0.39, 0.29) is 18.0 Å². The Hall–Kier alpha value is -2.76. The minimum Gasteiger partial charge on any atom is -0.508 e. The third-order valence-corrected chi connectivity index (χ3v) is 2.69. The summed E-state index contributed by atoms with van der Waals surface area (Å²) in [4.78, 5) is 10.3. The van der Waals surface area contributed by atoms with Gasteiger partial charge < -0.3 is 14.6 Å². The summed E-state index contributed by atoms with van der Waals surface area (Å²) in [6.45, 7) is 0.105. The van der Waals surface area contributed by atoms with Gasteiger partial charge in [0.1, 0.15) is 23.9 Å². The molecular formula is C14H13NO5. The minimum atomic E-state index is -0.475. The minimum absolute atomic E-state index is 0.0275. The lowest BCUT2D eigenvalue weighted by Crippen LogP contribution is -2.00. The van der Waals surface area contributed by atoms with Gasteiger partial charge in [0.2, 0.25) is 0 Å². The molecular weight excluding hydrogens is 262 g/mol. The first-order valence-corrected chi connectivity index (χ1v) is 5.83. The summed E-state index contributed by atoms with van der Waals surface area (Å²) >= 11 is 0. The second kappa shape index (κ2) is 5.92. The lowest BCUT2D eigenvalue weighted by Gasteiger charge is -2.10. The van der Waals surface area contributed by atoms with Crippen molar-refractivity contribution < 1.29 is 19.5 Å². The molecule has 0 aromatic heterocycles. The van der Waals surface area contributed by atoms with Crippen molar-refractivity contribution >= 4 is 5.69 Å².